The van der Waals surface area contributed by atoms with Crippen LogP contribution >= 0.6 is 0 Å². The summed E-state index contributed by atoms with van der Waals surface area (Å²) in [6, 6.07) is 13.2. The van der Waals surface area contributed by atoms with Crippen LogP contribution in [0.2, 0.25) is 0 Å². The summed E-state index contributed by atoms with van der Waals surface area (Å²) in [4.78, 5) is 17.8. The Morgan fingerprint density at radius 3 is 2.63 bits per heavy atom. The Morgan fingerprint density at radius 2 is 1.94 bits per heavy atom. The fourth-order valence-electron chi connectivity index (χ4n) is 4.32. The summed E-state index contributed by atoms with van der Waals surface area (Å²) in [5.41, 5.74) is 1.94. The largest absolute Gasteiger partial charge is 0.497 e. The van der Waals surface area contributed by atoms with Crippen molar-refractivity contribution in [1.29, 1.82) is 0 Å². The summed E-state index contributed by atoms with van der Waals surface area (Å²) >= 11 is 0. The van der Waals surface area contributed by atoms with Crippen LogP contribution in [0.4, 0.5) is 4.39 Å². The van der Waals surface area contributed by atoms with E-state index in [4.69, 9.17) is 4.74 Å². The van der Waals surface area contributed by atoms with Crippen LogP contribution in [0, 0.1) is 11.7 Å². The molecule has 0 aliphatic carbocycles. The number of pyridine rings is 1. The molecule has 10 heteroatoms. The summed E-state index contributed by atoms with van der Waals surface area (Å²) < 4.78 is 20.3. The van der Waals surface area contributed by atoms with E-state index in [0.29, 0.717) is 30.2 Å². The van der Waals surface area contributed by atoms with E-state index in [0.717, 1.165) is 16.5 Å². The number of methoxy groups -OCH3 is 1. The van der Waals surface area contributed by atoms with E-state index < -0.39 is 0 Å². The van der Waals surface area contributed by atoms with Crippen molar-refractivity contribution in [1.82, 2.24) is 30.1 Å². The lowest BCUT2D eigenvalue weighted by molar-refractivity contribution is 0.106. The number of nitrogens with zero attached hydrogens (tertiary/aromatic N) is 5. The maximum atomic E-state index is 13.3. The maximum Gasteiger partial charge on any atom is 0.252 e. The number of halogens is 1. The molecule has 184 valence electrons. The highest BCUT2D eigenvalue weighted by Crippen LogP contribution is 2.29. The fourth-order valence-corrected chi connectivity index (χ4v) is 4.32. The lowest BCUT2D eigenvalue weighted by Gasteiger charge is -2.33. The minimum Gasteiger partial charge on any atom is -0.497 e. The van der Waals surface area contributed by atoms with Crippen molar-refractivity contribution in [3.05, 3.63) is 81.7 Å². The molecule has 0 aliphatic heterocycles. The van der Waals surface area contributed by atoms with E-state index in [-0.39, 0.29) is 36.5 Å². The van der Waals surface area contributed by atoms with Crippen LogP contribution in [0.25, 0.3) is 10.9 Å². The molecule has 0 aliphatic rings. The Labute approximate surface area is 202 Å². The van der Waals surface area contributed by atoms with Gasteiger partial charge in [-0.25, -0.2) is 9.07 Å². The normalized spacial score (nSPS) is 12.5. The number of aliphatic hydroxyl groups excluding tert-OH is 1. The summed E-state index contributed by atoms with van der Waals surface area (Å²) in [6.07, 6.45) is 0. The van der Waals surface area contributed by atoms with Gasteiger partial charge in [-0.1, -0.05) is 26.0 Å². The number of fused-ring (bicyclic) bond motifs is 1. The topological polar surface area (TPSA) is 109 Å². The van der Waals surface area contributed by atoms with Gasteiger partial charge < -0.3 is 14.8 Å². The van der Waals surface area contributed by atoms with Gasteiger partial charge in [-0.15, -0.1) is 5.10 Å². The van der Waals surface area contributed by atoms with Crippen LogP contribution in [0.15, 0.2) is 53.3 Å². The molecule has 35 heavy (non-hydrogen) atoms. The van der Waals surface area contributed by atoms with E-state index >= 15 is 0 Å². The average Bonchev–Trinajstić information content (AvgIpc) is 3.28. The number of aliphatic hydroxyl groups is 1. The molecule has 0 unspecified atom stereocenters. The second kappa shape index (κ2) is 10.7. The van der Waals surface area contributed by atoms with Gasteiger partial charge in [0.25, 0.3) is 5.56 Å². The highest BCUT2D eigenvalue weighted by molar-refractivity contribution is 5.80. The number of benzene rings is 2. The predicted octanol–water partition coefficient (Wildman–Crippen LogP) is 2.90. The molecule has 4 aromatic rings. The summed E-state index contributed by atoms with van der Waals surface area (Å²) in [6.45, 7) is 4.97. The van der Waals surface area contributed by atoms with Crippen LogP contribution in [0.5, 0.6) is 5.75 Å². The highest BCUT2D eigenvalue weighted by atomic mass is 19.1. The molecule has 2 aromatic carbocycles. The molecule has 0 bridgehead atoms. The molecule has 2 heterocycles. The predicted molar refractivity (Wildman–Crippen MR) is 130 cm³/mol. The molecule has 0 saturated carbocycles. The van der Waals surface area contributed by atoms with E-state index in [2.05, 4.69) is 20.5 Å². The number of H-pyrrole nitrogens is 1. The zero-order valence-electron chi connectivity index (χ0n) is 20.0. The molecule has 0 spiro atoms. The van der Waals surface area contributed by atoms with E-state index in [1.54, 1.807) is 30.0 Å². The molecular weight excluding hydrogens is 451 g/mol. The smallest absolute Gasteiger partial charge is 0.252 e. The number of aromatic nitrogens is 5. The molecule has 1 atom stereocenters. The number of rotatable bonds is 10. The zero-order valence-corrected chi connectivity index (χ0v) is 20.0. The molecule has 2 N–H and O–H groups in total. The van der Waals surface area contributed by atoms with Crippen LogP contribution in [-0.2, 0) is 13.1 Å². The number of nitrogens with one attached hydrogen (secondary N) is 1. The Balaban J connectivity index is 1.68. The van der Waals surface area contributed by atoms with Crippen LogP contribution in [0.1, 0.15) is 36.8 Å². The monoisotopic (exact) mass is 480 g/mol. The third kappa shape index (κ3) is 5.55. The lowest BCUT2D eigenvalue weighted by Crippen LogP contribution is -2.37. The van der Waals surface area contributed by atoms with Crippen molar-refractivity contribution in [2.75, 3.05) is 20.3 Å². The Hall–Kier alpha value is -3.63. The van der Waals surface area contributed by atoms with Crippen molar-refractivity contribution in [2.24, 2.45) is 5.92 Å². The third-order valence-corrected chi connectivity index (χ3v) is 5.98. The van der Waals surface area contributed by atoms with Gasteiger partial charge in [0.05, 0.1) is 26.3 Å². The second-order valence-corrected chi connectivity index (χ2v) is 8.78. The first-order chi connectivity index (χ1) is 16.9. The van der Waals surface area contributed by atoms with E-state index in [1.165, 1.54) is 12.1 Å². The van der Waals surface area contributed by atoms with Crippen molar-refractivity contribution in [2.45, 2.75) is 33.0 Å². The van der Waals surface area contributed by atoms with Gasteiger partial charge in [-0.2, -0.15) is 0 Å². The number of tetrazole rings is 1. The number of hydrogen-bond donors (Lipinski definition) is 2. The first-order valence-electron chi connectivity index (χ1n) is 11.4. The lowest BCUT2D eigenvalue weighted by atomic mass is 10.00. The maximum absolute atomic E-state index is 13.3. The SMILES string of the molecule is COc1ccc2[nH]c(=O)c(CN(CCO)[C@H](c3nnnn3Cc3ccc(F)cc3)C(C)C)cc2c1. The minimum atomic E-state index is -0.307. The van der Waals surface area contributed by atoms with Gasteiger partial charge in [0, 0.05) is 29.6 Å². The number of hydrogen-bond acceptors (Lipinski definition) is 7. The van der Waals surface area contributed by atoms with Crippen molar-refractivity contribution in [3.8, 4) is 5.75 Å². The van der Waals surface area contributed by atoms with E-state index in [1.807, 2.05) is 36.9 Å². The average molecular weight is 481 g/mol. The molecule has 0 fully saturated rings. The van der Waals surface area contributed by atoms with Crippen LogP contribution in [-0.4, -0.2) is 55.5 Å². The quantitative estimate of drug-likeness (QED) is 0.359. The summed E-state index contributed by atoms with van der Waals surface area (Å²) in [5, 5.41) is 23.0. The van der Waals surface area contributed by atoms with Crippen LogP contribution < -0.4 is 10.3 Å². The molecule has 9 nitrogen and oxygen atoms in total. The first-order valence-corrected chi connectivity index (χ1v) is 11.4. The minimum absolute atomic E-state index is 0.0687. The molecular formula is C25H29FN6O3. The number of ether oxygens (including phenoxy) is 1. The van der Waals surface area contributed by atoms with Gasteiger partial charge in [-0.05, 0) is 58.3 Å². The molecule has 0 radical (unpaired) electrons. The summed E-state index contributed by atoms with van der Waals surface area (Å²) in [7, 11) is 1.60. The standard InChI is InChI=1S/C25H29FN6O3/c1-16(2)23(24-28-29-30-32(24)14-17-4-6-20(26)7-5-17)31(10-11-33)15-19-12-18-13-21(35-3)8-9-22(18)27-25(19)34/h4-9,12-13,16,23,33H,10-11,14-15H2,1-3H3,(H,27,34)/t23-/m0/s1. The molecule has 2 aromatic heterocycles. The van der Waals surface area contributed by atoms with Gasteiger partial charge in [0.1, 0.15) is 11.6 Å². The van der Waals surface area contributed by atoms with Gasteiger partial charge in [-0.3, -0.25) is 9.69 Å². The third-order valence-electron chi connectivity index (χ3n) is 5.98. The fraction of sp³-hybridized carbons (Fsp3) is 0.360. The van der Waals surface area contributed by atoms with Crippen molar-refractivity contribution < 1.29 is 14.2 Å². The molecule has 0 amide bonds. The zero-order chi connectivity index (χ0) is 24.9. The van der Waals surface area contributed by atoms with E-state index in [9.17, 15) is 14.3 Å². The van der Waals surface area contributed by atoms with Gasteiger partial charge >= 0.3 is 0 Å². The van der Waals surface area contributed by atoms with Gasteiger partial charge in [0.15, 0.2) is 5.82 Å². The second-order valence-electron chi connectivity index (χ2n) is 8.78. The molecule has 4 rings (SSSR count). The highest BCUT2D eigenvalue weighted by Gasteiger charge is 2.29. The Morgan fingerprint density at radius 1 is 1.17 bits per heavy atom. The van der Waals surface area contributed by atoms with Crippen LogP contribution in [0.3, 0.4) is 0 Å². The summed E-state index contributed by atoms with van der Waals surface area (Å²) in [5.74, 6) is 1.07. The molecule has 0 saturated heterocycles. The van der Waals surface area contributed by atoms with Crippen molar-refractivity contribution >= 4 is 10.9 Å². The Kier molecular flexibility index (Phi) is 7.52. The van der Waals surface area contributed by atoms with Crippen molar-refractivity contribution in [3.63, 3.8) is 0 Å². The van der Waals surface area contributed by atoms with Gasteiger partial charge in [0.2, 0.25) is 0 Å². The first kappa shape index (κ1) is 24.5. The number of aromatic amines is 1. The Bertz CT molecular complexity index is 1340.